The fraction of sp³-hybridized carbons (Fsp3) is 0.381. The minimum atomic E-state index is -2.92. The van der Waals surface area contributed by atoms with E-state index in [1.165, 1.54) is 11.6 Å². The molecule has 1 N–H and O–H groups in total. The standard InChI is InChI=1S/C21H24F2N2O2/c22-21(23)27-19-9-5-4-8-18(19)24-20(26)15-25-12-10-17(11-13-25)14-16-6-2-1-3-7-16/h1-9,17,21H,10-15H2,(H,24,26). The Balaban J connectivity index is 1.46. The molecule has 4 nitrogen and oxygen atoms in total. The summed E-state index contributed by atoms with van der Waals surface area (Å²) in [5.74, 6) is 0.385. The number of rotatable bonds is 7. The molecule has 1 amide bonds. The van der Waals surface area contributed by atoms with Crippen molar-refractivity contribution in [3.05, 3.63) is 60.2 Å². The van der Waals surface area contributed by atoms with Gasteiger partial charge in [-0.15, -0.1) is 0 Å². The number of amides is 1. The van der Waals surface area contributed by atoms with Crippen LogP contribution in [0.25, 0.3) is 0 Å². The lowest BCUT2D eigenvalue weighted by Gasteiger charge is -2.31. The lowest BCUT2D eigenvalue weighted by molar-refractivity contribution is -0.117. The number of alkyl halides is 2. The molecule has 0 atom stereocenters. The summed E-state index contributed by atoms with van der Waals surface area (Å²) in [4.78, 5) is 14.4. The van der Waals surface area contributed by atoms with E-state index < -0.39 is 6.61 Å². The molecule has 1 aliphatic rings. The van der Waals surface area contributed by atoms with Gasteiger partial charge in [-0.3, -0.25) is 9.69 Å². The van der Waals surface area contributed by atoms with Crippen LogP contribution in [-0.2, 0) is 11.2 Å². The number of nitrogens with one attached hydrogen (secondary N) is 1. The summed E-state index contributed by atoms with van der Waals surface area (Å²) >= 11 is 0. The maximum absolute atomic E-state index is 12.5. The Morgan fingerprint density at radius 2 is 1.74 bits per heavy atom. The molecule has 2 aromatic rings. The van der Waals surface area contributed by atoms with Crippen molar-refractivity contribution in [1.82, 2.24) is 4.90 Å². The quantitative estimate of drug-likeness (QED) is 0.790. The number of hydrogen-bond donors (Lipinski definition) is 1. The molecule has 0 radical (unpaired) electrons. The average Bonchev–Trinajstić information content (AvgIpc) is 2.65. The maximum atomic E-state index is 12.5. The summed E-state index contributed by atoms with van der Waals surface area (Å²) in [7, 11) is 0. The topological polar surface area (TPSA) is 41.6 Å². The number of ether oxygens (including phenoxy) is 1. The number of likely N-dealkylation sites (tertiary alicyclic amines) is 1. The molecule has 1 saturated heterocycles. The van der Waals surface area contributed by atoms with Crippen molar-refractivity contribution in [2.24, 2.45) is 5.92 Å². The predicted molar refractivity (Wildman–Crippen MR) is 101 cm³/mol. The van der Waals surface area contributed by atoms with Gasteiger partial charge in [-0.25, -0.2) is 0 Å². The SMILES string of the molecule is O=C(CN1CCC(Cc2ccccc2)CC1)Nc1ccccc1OC(F)F. The zero-order chi connectivity index (χ0) is 19.1. The second-order valence-electron chi connectivity index (χ2n) is 6.83. The first-order valence-corrected chi connectivity index (χ1v) is 9.20. The van der Waals surface area contributed by atoms with Crippen molar-refractivity contribution in [3.63, 3.8) is 0 Å². The van der Waals surface area contributed by atoms with Crippen molar-refractivity contribution in [2.45, 2.75) is 25.9 Å². The third-order valence-electron chi connectivity index (χ3n) is 4.82. The van der Waals surface area contributed by atoms with Gasteiger partial charge in [0.1, 0.15) is 5.75 Å². The second kappa shape index (κ2) is 9.46. The summed E-state index contributed by atoms with van der Waals surface area (Å²) in [5, 5.41) is 2.68. The Kier molecular flexibility index (Phi) is 6.76. The molecular weight excluding hydrogens is 350 g/mol. The molecular formula is C21H24F2N2O2. The number of piperidine rings is 1. The highest BCUT2D eigenvalue weighted by atomic mass is 19.3. The molecule has 1 fully saturated rings. The normalized spacial score (nSPS) is 15.7. The molecule has 27 heavy (non-hydrogen) atoms. The Bertz CT molecular complexity index is 732. The Labute approximate surface area is 158 Å². The van der Waals surface area contributed by atoms with Crippen LogP contribution in [0.1, 0.15) is 18.4 Å². The van der Waals surface area contributed by atoms with Crippen LogP contribution in [0.4, 0.5) is 14.5 Å². The van der Waals surface area contributed by atoms with Gasteiger partial charge in [-0.05, 0) is 56.0 Å². The summed E-state index contributed by atoms with van der Waals surface area (Å²) < 4.78 is 29.4. The third kappa shape index (κ3) is 6.03. The van der Waals surface area contributed by atoms with Crippen LogP contribution >= 0.6 is 0 Å². The van der Waals surface area contributed by atoms with Gasteiger partial charge in [0.2, 0.25) is 5.91 Å². The van der Waals surface area contributed by atoms with Gasteiger partial charge >= 0.3 is 6.61 Å². The van der Waals surface area contributed by atoms with Gasteiger partial charge in [-0.2, -0.15) is 8.78 Å². The zero-order valence-electron chi connectivity index (χ0n) is 15.1. The third-order valence-corrected chi connectivity index (χ3v) is 4.82. The number of halogens is 2. The zero-order valence-corrected chi connectivity index (χ0v) is 15.1. The van der Waals surface area contributed by atoms with Gasteiger partial charge in [0.15, 0.2) is 0 Å². The van der Waals surface area contributed by atoms with Crippen molar-refractivity contribution in [2.75, 3.05) is 25.0 Å². The Morgan fingerprint density at radius 3 is 2.44 bits per heavy atom. The highest BCUT2D eigenvalue weighted by molar-refractivity contribution is 5.93. The number of carbonyl (C=O) groups is 1. The largest absolute Gasteiger partial charge is 0.433 e. The van der Waals surface area contributed by atoms with Gasteiger partial charge in [-0.1, -0.05) is 42.5 Å². The number of carbonyl (C=O) groups excluding carboxylic acids is 1. The van der Waals surface area contributed by atoms with E-state index in [2.05, 4.69) is 39.2 Å². The van der Waals surface area contributed by atoms with E-state index in [9.17, 15) is 13.6 Å². The van der Waals surface area contributed by atoms with Gasteiger partial charge < -0.3 is 10.1 Å². The minimum Gasteiger partial charge on any atom is -0.433 e. The molecule has 1 heterocycles. The molecule has 144 valence electrons. The lowest BCUT2D eigenvalue weighted by Crippen LogP contribution is -2.39. The fourth-order valence-electron chi connectivity index (χ4n) is 3.46. The molecule has 6 heteroatoms. The monoisotopic (exact) mass is 374 g/mol. The van der Waals surface area contributed by atoms with E-state index in [1.807, 2.05) is 6.07 Å². The summed E-state index contributed by atoms with van der Waals surface area (Å²) in [5.41, 5.74) is 1.62. The first kappa shape index (κ1) is 19.3. The van der Waals surface area contributed by atoms with Crippen LogP contribution in [0.3, 0.4) is 0 Å². The van der Waals surface area contributed by atoms with E-state index in [0.29, 0.717) is 5.92 Å². The average molecular weight is 374 g/mol. The molecule has 0 bridgehead atoms. The maximum Gasteiger partial charge on any atom is 0.387 e. The van der Waals surface area contributed by atoms with Crippen LogP contribution in [0.2, 0.25) is 0 Å². The lowest BCUT2D eigenvalue weighted by atomic mass is 9.90. The molecule has 0 spiro atoms. The first-order chi connectivity index (χ1) is 13.1. The Morgan fingerprint density at radius 1 is 1.07 bits per heavy atom. The van der Waals surface area contributed by atoms with Crippen LogP contribution in [0.15, 0.2) is 54.6 Å². The molecule has 0 unspecified atom stereocenters. The number of anilines is 1. The van der Waals surface area contributed by atoms with Crippen molar-refractivity contribution >= 4 is 11.6 Å². The van der Waals surface area contributed by atoms with E-state index in [4.69, 9.17) is 0 Å². The highest BCUT2D eigenvalue weighted by Gasteiger charge is 2.21. The summed E-state index contributed by atoms with van der Waals surface area (Å²) in [6, 6.07) is 16.7. The van der Waals surface area contributed by atoms with Crippen LogP contribution in [0.5, 0.6) is 5.75 Å². The Hall–Kier alpha value is -2.47. The number of para-hydroxylation sites is 2. The smallest absolute Gasteiger partial charge is 0.387 e. The summed E-state index contributed by atoms with van der Waals surface area (Å²) in [6.45, 7) is -0.951. The van der Waals surface area contributed by atoms with E-state index >= 15 is 0 Å². The first-order valence-electron chi connectivity index (χ1n) is 9.20. The van der Waals surface area contributed by atoms with Gasteiger partial charge in [0.05, 0.1) is 12.2 Å². The second-order valence-corrected chi connectivity index (χ2v) is 6.83. The van der Waals surface area contributed by atoms with Crippen molar-refractivity contribution < 1.29 is 18.3 Å². The number of nitrogens with zero attached hydrogens (tertiary/aromatic N) is 1. The predicted octanol–water partition coefficient (Wildman–Crippen LogP) is 4.18. The molecule has 3 rings (SSSR count). The van der Waals surface area contributed by atoms with E-state index in [1.54, 1.807) is 18.2 Å². The van der Waals surface area contributed by atoms with Crippen LogP contribution in [-0.4, -0.2) is 37.1 Å². The van der Waals surface area contributed by atoms with Crippen molar-refractivity contribution in [1.29, 1.82) is 0 Å². The number of hydrogen-bond acceptors (Lipinski definition) is 3. The van der Waals surface area contributed by atoms with Gasteiger partial charge in [0.25, 0.3) is 0 Å². The highest BCUT2D eigenvalue weighted by Crippen LogP contribution is 2.26. The molecule has 0 aromatic heterocycles. The van der Waals surface area contributed by atoms with Crippen LogP contribution in [0, 0.1) is 5.92 Å². The van der Waals surface area contributed by atoms with Crippen molar-refractivity contribution in [3.8, 4) is 5.75 Å². The molecule has 0 aliphatic carbocycles. The molecule has 0 saturated carbocycles. The van der Waals surface area contributed by atoms with Gasteiger partial charge in [0, 0.05) is 0 Å². The number of benzene rings is 2. The van der Waals surface area contributed by atoms with E-state index in [0.717, 1.165) is 32.4 Å². The molecule has 2 aromatic carbocycles. The van der Waals surface area contributed by atoms with E-state index in [-0.39, 0.29) is 23.9 Å². The molecule has 1 aliphatic heterocycles. The van der Waals surface area contributed by atoms with Crippen LogP contribution < -0.4 is 10.1 Å². The summed E-state index contributed by atoms with van der Waals surface area (Å²) in [6.07, 6.45) is 3.17. The minimum absolute atomic E-state index is 0.0255. The fourth-order valence-corrected chi connectivity index (χ4v) is 3.46.